The summed E-state index contributed by atoms with van der Waals surface area (Å²) in [6.07, 6.45) is 0.507. The lowest BCUT2D eigenvalue weighted by atomic mass is 10.1. The third kappa shape index (κ3) is 4.03. The van der Waals surface area contributed by atoms with Gasteiger partial charge in [-0.3, -0.25) is 0 Å². The number of nitrogen functional groups attached to an aromatic ring is 1. The monoisotopic (exact) mass is 308 g/mol. The lowest BCUT2D eigenvalue weighted by Gasteiger charge is -2.08. The van der Waals surface area contributed by atoms with Gasteiger partial charge in [-0.15, -0.1) is 0 Å². The van der Waals surface area contributed by atoms with Crippen molar-refractivity contribution in [2.24, 2.45) is 0 Å². The predicted molar refractivity (Wildman–Crippen MR) is 80.9 cm³/mol. The maximum Gasteiger partial charge on any atom is 0.243 e. The molecule has 0 spiro atoms. The van der Waals surface area contributed by atoms with Crippen LogP contribution in [-0.4, -0.2) is 15.0 Å². The maximum atomic E-state index is 13.6. The first-order chi connectivity index (χ1) is 9.88. The zero-order valence-electron chi connectivity index (χ0n) is 11.6. The van der Waals surface area contributed by atoms with Gasteiger partial charge < -0.3 is 5.73 Å². The Morgan fingerprint density at radius 2 is 1.81 bits per heavy atom. The minimum absolute atomic E-state index is 0.194. The summed E-state index contributed by atoms with van der Waals surface area (Å²) in [5, 5.41) is 0. The van der Waals surface area contributed by atoms with Crippen LogP contribution >= 0.6 is 0 Å². The molecule has 2 aromatic rings. The largest absolute Gasteiger partial charge is 0.399 e. The first-order valence-corrected chi connectivity index (χ1v) is 7.97. The molecule has 0 saturated heterocycles. The number of sulfonamides is 1. The third-order valence-corrected chi connectivity index (χ3v) is 4.54. The summed E-state index contributed by atoms with van der Waals surface area (Å²) < 4.78 is 40.2. The molecule has 0 saturated carbocycles. The second-order valence-electron chi connectivity index (χ2n) is 4.82. The normalized spacial score (nSPS) is 11.5. The molecular formula is C15H17FN2O2S. The summed E-state index contributed by atoms with van der Waals surface area (Å²) in [5.41, 5.74) is 7.88. The molecule has 0 aliphatic rings. The van der Waals surface area contributed by atoms with Crippen LogP contribution in [0.1, 0.15) is 11.1 Å². The lowest BCUT2D eigenvalue weighted by molar-refractivity contribution is 0.556. The number of nitrogens with one attached hydrogen (secondary N) is 1. The van der Waals surface area contributed by atoms with Gasteiger partial charge in [0.2, 0.25) is 10.0 Å². The molecule has 0 heterocycles. The molecule has 0 aromatic heterocycles. The number of benzene rings is 2. The second kappa shape index (κ2) is 6.24. The van der Waals surface area contributed by atoms with E-state index in [1.165, 1.54) is 12.1 Å². The molecule has 0 bridgehead atoms. The van der Waals surface area contributed by atoms with Crippen LogP contribution in [0.5, 0.6) is 0 Å². The molecule has 0 unspecified atom stereocenters. The van der Waals surface area contributed by atoms with Crippen molar-refractivity contribution in [3.8, 4) is 0 Å². The van der Waals surface area contributed by atoms with E-state index >= 15 is 0 Å². The van der Waals surface area contributed by atoms with Crippen LogP contribution < -0.4 is 10.5 Å². The van der Waals surface area contributed by atoms with Crippen molar-refractivity contribution in [2.75, 3.05) is 12.3 Å². The molecule has 0 aliphatic carbocycles. The Balaban J connectivity index is 2.04. The fourth-order valence-electron chi connectivity index (χ4n) is 1.91. The minimum Gasteiger partial charge on any atom is -0.399 e. The molecule has 2 rings (SSSR count). The summed E-state index contributed by atoms with van der Waals surface area (Å²) in [6, 6.07) is 11.2. The lowest BCUT2D eigenvalue weighted by Crippen LogP contribution is -2.26. The van der Waals surface area contributed by atoms with Crippen molar-refractivity contribution in [3.63, 3.8) is 0 Å². The van der Waals surface area contributed by atoms with Crippen molar-refractivity contribution in [2.45, 2.75) is 18.2 Å². The molecule has 0 radical (unpaired) electrons. The van der Waals surface area contributed by atoms with Gasteiger partial charge in [-0.1, -0.05) is 18.2 Å². The fourth-order valence-corrected chi connectivity index (χ4v) is 3.10. The molecule has 0 fully saturated rings. The SMILES string of the molecule is Cc1ccc(F)c(S(=O)(=O)NCCc2ccc(N)cc2)c1. The Bertz CT molecular complexity index is 728. The Kier molecular flexibility index (Phi) is 4.59. The van der Waals surface area contributed by atoms with Gasteiger partial charge in [0.15, 0.2) is 0 Å². The second-order valence-corrected chi connectivity index (χ2v) is 6.56. The molecule has 3 N–H and O–H groups in total. The minimum atomic E-state index is -3.84. The molecule has 2 aromatic carbocycles. The van der Waals surface area contributed by atoms with Gasteiger partial charge in [0, 0.05) is 12.2 Å². The Hall–Kier alpha value is -1.92. The number of hydrogen-bond acceptors (Lipinski definition) is 3. The Morgan fingerprint density at radius 1 is 1.14 bits per heavy atom. The number of halogens is 1. The average Bonchev–Trinajstić information content (AvgIpc) is 2.43. The van der Waals surface area contributed by atoms with Gasteiger partial charge in [-0.05, 0) is 48.7 Å². The zero-order chi connectivity index (χ0) is 15.5. The van der Waals surface area contributed by atoms with E-state index < -0.39 is 15.8 Å². The first kappa shape index (κ1) is 15.5. The Morgan fingerprint density at radius 3 is 2.48 bits per heavy atom. The van der Waals surface area contributed by atoms with Gasteiger partial charge >= 0.3 is 0 Å². The quantitative estimate of drug-likeness (QED) is 0.832. The number of rotatable bonds is 5. The van der Waals surface area contributed by atoms with Gasteiger partial charge in [-0.25, -0.2) is 17.5 Å². The highest BCUT2D eigenvalue weighted by molar-refractivity contribution is 7.89. The molecule has 0 aliphatic heterocycles. The van der Waals surface area contributed by atoms with E-state index in [1.54, 1.807) is 19.1 Å². The van der Waals surface area contributed by atoms with E-state index in [-0.39, 0.29) is 11.4 Å². The number of aryl methyl sites for hydroxylation is 1. The van der Waals surface area contributed by atoms with E-state index in [4.69, 9.17) is 5.73 Å². The molecule has 0 amide bonds. The van der Waals surface area contributed by atoms with Gasteiger partial charge in [0.05, 0.1) is 0 Å². The summed E-state index contributed by atoms with van der Waals surface area (Å²) in [4.78, 5) is -0.320. The standard InChI is InChI=1S/C15H17FN2O2S/c1-11-2-7-14(16)15(10-11)21(19,20)18-9-8-12-3-5-13(17)6-4-12/h2-7,10,18H,8-9,17H2,1H3. The summed E-state index contributed by atoms with van der Waals surface area (Å²) in [7, 11) is -3.84. The molecule has 4 nitrogen and oxygen atoms in total. The molecule has 21 heavy (non-hydrogen) atoms. The first-order valence-electron chi connectivity index (χ1n) is 6.49. The zero-order valence-corrected chi connectivity index (χ0v) is 12.5. The summed E-state index contributed by atoms with van der Waals surface area (Å²) in [5.74, 6) is -0.749. The summed E-state index contributed by atoms with van der Waals surface area (Å²) in [6.45, 7) is 1.91. The molecule has 112 valence electrons. The topological polar surface area (TPSA) is 72.2 Å². The smallest absolute Gasteiger partial charge is 0.243 e. The van der Waals surface area contributed by atoms with Gasteiger partial charge in [0.1, 0.15) is 10.7 Å². The fraction of sp³-hybridized carbons (Fsp3) is 0.200. The highest BCUT2D eigenvalue weighted by Crippen LogP contribution is 2.16. The van der Waals surface area contributed by atoms with Gasteiger partial charge in [-0.2, -0.15) is 0 Å². The third-order valence-electron chi connectivity index (χ3n) is 3.06. The van der Waals surface area contributed by atoms with E-state index in [0.29, 0.717) is 17.7 Å². The Labute approximate surface area is 123 Å². The molecule has 0 atom stereocenters. The van der Waals surface area contributed by atoms with Crippen molar-refractivity contribution in [3.05, 3.63) is 59.4 Å². The van der Waals surface area contributed by atoms with Crippen molar-refractivity contribution in [1.82, 2.24) is 4.72 Å². The average molecular weight is 308 g/mol. The van der Waals surface area contributed by atoms with Crippen LogP contribution in [0.3, 0.4) is 0 Å². The van der Waals surface area contributed by atoms with E-state index in [9.17, 15) is 12.8 Å². The maximum absolute atomic E-state index is 13.6. The van der Waals surface area contributed by atoms with Crippen LogP contribution in [-0.2, 0) is 16.4 Å². The van der Waals surface area contributed by atoms with E-state index in [2.05, 4.69) is 4.72 Å². The number of anilines is 1. The van der Waals surface area contributed by atoms with Gasteiger partial charge in [0.25, 0.3) is 0 Å². The highest BCUT2D eigenvalue weighted by Gasteiger charge is 2.18. The highest BCUT2D eigenvalue weighted by atomic mass is 32.2. The van der Waals surface area contributed by atoms with Crippen LogP contribution in [0.25, 0.3) is 0 Å². The van der Waals surface area contributed by atoms with Crippen LogP contribution in [0.4, 0.5) is 10.1 Å². The number of nitrogens with two attached hydrogens (primary N) is 1. The van der Waals surface area contributed by atoms with E-state index in [1.807, 2.05) is 12.1 Å². The van der Waals surface area contributed by atoms with Crippen molar-refractivity contribution in [1.29, 1.82) is 0 Å². The van der Waals surface area contributed by atoms with Crippen molar-refractivity contribution >= 4 is 15.7 Å². The van der Waals surface area contributed by atoms with Crippen LogP contribution in [0.2, 0.25) is 0 Å². The van der Waals surface area contributed by atoms with E-state index in [0.717, 1.165) is 11.6 Å². The van der Waals surface area contributed by atoms with Crippen molar-refractivity contribution < 1.29 is 12.8 Å². The van der Waals surface area contributed by atoms with Crippen LogP contribution in [0.15, 0.2) is 47.4 Å². The summed E-state index contributed by atoms with van der Waals surface area (Å²) >= 11 is 0. The number of hydrogen-bond donors (Lipinski definition) is 2. The molecular weight excluding hydrogens is 291 g/mol. The molecule has 6 heteroatoms. The predicted octanol–water partition coefficient (Wildman–Crippen LogP) is 2.24. The van der Waals surface area contributed by atoms with Crippen LogP contribution in [0, 0.1) is 12.7 Å².